The Hall–Kier alpha value is -3.06. The highest BCUT2D eigenvalue weighted by atomic mass is 16.5. The number of nitrogens with zero attached hydrogens (tertiary/aromatic N) is 4. The zero-order valence-electron chi connectivity index (χ0n) is 22.3. The van der Waals surface area contributed by atoms with E-state index in [0.29, 0.717) is 0 Å². The number of rotatable bonds is 9. The fraction of sp³-hybridized carbons (Fsp3) is 0.419. The van der Waals surface area contributed by atoms with Crippen molar-refractivity contribution in [2.24, 2.45) is 0 Å². The molecule has 0 aromatic heterocycles. The summed E-state index contributed by atoms with van der Waals surface area (Å²) in [5, 5.41) is 0. The number of benzene rings is 3. The number of hydrogen-bond donors (Lipinski definition) is 0. The van der Waals surface area contributed by atoms with Crippen LogP contribution in [0.1, 0.15) is 16.7 Å². The van der Waals surface area contributed by atoms with Gasteiger partial charge in [0.2, 0.25) is 0 Å². The molecule has 0 aliphatic carbocycles. The Labute approximate surface area is 222 Å². The van der Waals surface area contributed by atoms with E-state index in [1.165, 1.54) is 28.1 Å². The lowest BCUT2D eigenvalue weighted by Crippen LogP contribution is -2.44. The number of ether oxygens (including phenoxy) is 2. The lowest BCUT2D eigenvalue weighted by Gasteiger charge is -2.34. The molecule has 2 heterocycles. The van der Waals surface area contributed by atoms with E-state index in [9.17, 15) is 0 Å². The minimum Gasteiger partial charge on any atom is -0.497 e. The molecule has 0 radical (unpaired) electrons. The van der Waals surface area contributed by atoms with Gasteiger partial charge in [0.25, 0.3) is 0 Å². The van der Waals surface area contributed by atoms with Gasteiger partial charge in [0.15, 0.2) is 0 Å². The zero-order chi connectivity index (χ0) is 25.5. The van der Waals surface area contributed by atoms with Crippen molar-refractivity contribution in [3.63, 3.8) is 0 Å². The molecule has 3 aromatic carbocycles. The predicted molar refractivity (Wildman–Crippen MR) is 152 cm³/mol. The van der Waals surface area contributed by atoms with E-state index in [0.717, 1.165) is 77.9 Å². The second kappa shape index (κ2) is 12.5. The summed E-state index contributed by atoms with van der Waals surface area (Å²) in [6.07, 6.45) is 0. The third-order valence-corrected chi connectivity index (χ3v) is 7.45. The molecule has 5 rings (SSSR count). The summed E-state index contributed by atoms with van der Waals surface area (Å²) in [5.41, 5.74) is 6.50. The van der Waals surface area contributed by atoms with Crippen LogP contribution in [0.4, 0.5) is 11.4 Å². The molecule has 2 fully saturated rings. The van der Waals surface area contributed by atoms with Crippen molar-refractivity contribution in [3.8, 4) is 5.75 Å². The van der Waals surface area contributed by atoms with Crippen molar-refractivity contribution in [1.82, 2.24) is 9.80 Å². The van der Waals surface area contributed by atoms with Crippen LogP contribution in [-0.4, -0.2) is 76.4 Å². The van der Waals surface area contributed by atoms with Crippen LogP contribution in [0.2, 0.25) is 0 Å². The van der Waals surface area contributed by atoms with Gasteiger partial charge in [-0.05, 0) is 60.1 Å². The summed E-state index contributed by atoms with van der Waals surface area (Å²) in [6, 6.07) is 26.6. The molecule has 6 nitrogen and oxygen atoms in total. The molecule has 196 valence electrons. The van der Waals surface area contributed by atoms with Crippen molar-refractivity contribution in [1.29, 1.82) is 0 Å². The summed E-state index contributed by atoms with van der Waals surface area (Å²) in [7, 11) is 3.94. The molecule has 0 amide bonds. The molecule has 0 unspecified atom stereocenters. The third-order valence-electron chi connectivity index (χ3n) is 7.45. The number of methoxy groups -OCH3 is 1. The van der Waals surface area contributed by atoms with Gasteiger partial charge in [-0.15, -0.1) is 0 Å². The highest BCUT2D eigenvalue weighted by molar-refractivity contribution is 5.53. The smallest absolute Gasteiger partial charge is 0.119 e. The van der Waals surface area contributed by atoms with Gasteiger partial charge in [0.1, 0.15) is 5.75 Å². The number of morpholine rings is 1. The Balaban J connectivity index is 1.38. The van der Waals surface area contributed by atoms with Crippen LogP contribution < -0.4 is 14.5 Å². The van der Waals surface area contributed by atoms with E-state index < -0.39 is 0 Å². The molecular weight excluding hydrogens is 460 g/mol. The van der Waals surface area contributed by atoms with Crippen molar-refractivity contribution in [2.45, 2.75) is 19.6 Å². The molecule has 0 N–H and O–H groups in total. The van der Waals surface area contributed by atoms with Crippen LogP contribution >= 0.6 is 0 Å². The van der Waals surface area contributed by atoms with E-state index in [2.05, 4.69) is 93.4 Å². The standard InChI is InChI=1S/C31H40N4O2/c1-32-12-14-34(15-13-32)29-9-4-7-27(21-29)24-35(25-28-8-5-11-31(22-28)36-2)30-10-3-6-26(20-30)23-33-16-18-37-19-17-33/h3-11,20-22H,12-19,23-25H2,1-2H3. The van der Waals surface area contributed by atoms with Crippen molar-refractivity contribution in [2.75, 3.05) is 76.4 Å². The molecule has 2 aliphatic rings. The van der Waals surface area contributed by atoms with E-state index in [4.69, 9.17) is 9.47 Å². The van der Waals surface area contributed by atoms with Gasteiger partial charge in [-0.2, -0.15) is 0 Å². The Bertz CT molecular complexity index is 1140. The van der Waals surface area contributed by atoms with E-state index >= 15 is 0 Å². The van der Waals surface area contributed by atoms with Crippen molar-refractivity contribution >= 4 is 11.4 Å². The summed E-state index contributed by atoms with van der Waals surface area (Å²) < 4.78 is 11.1. The van der Waals surface area contributed by atoms with Gasteiger partial charge >= 0.3 is 0 Å². The topological polar surface area (TPSA) is 31.4 Å². The van der Waals surface area contributed by atoms with E-state index in [1.54, 1.807) is 7.11 Å². The molecular formula is C31H40N4O2. The number of likely N-dealkylation sites (N-methyl/N-ethyl adjacent to an activating group) is 1. The van der Waals surface area contributed by atoms with Gasteiger partial charge in [0, 0.05) is 70.3 Å². The van der Waals surface area contributed by atoms with Crippen LogP contribution in [-0.2, 0) is 24.4 Å². The highest BCUT2D eigenvalue weighted by Gasteiger charge is 2.16. The number of hydrogen-bond acceptors (Lipinski definition) is 6. The fourth-order valence-electron chi connectivity index (χ4n) is 5.24. The zero-order valence-corrected chi connectivity index (χ0v) is 22.3. The molecule has 0 bridgehead atoms. The minimum absolute atomic E-state index is 0.816. The van der Waals surface area contributed by atoms with Crippen LogP contribution in [0.5, 0.6) is 5.75 Å². The molecule has 6 heteroatoms. The predicted octanol–water partition coefficient (Wildman–Crippen LogP) is 4.49. The van der Waals surface area contributed by atoms with Gasteiger partial charge in [-0.1, -0.05) is 36.4 Å². The monoisotopic (exact) mass is 500 g/mol. The average molecular weight is 501 g/mol. The van der Waals surface area contributed by atoms with E-state index in [-0.39, 0.29) is 0 Å². The summed E-state index contributed by atoms with van der Waals surface area (Å²) in [5.74, 6) is 0.899. The summed E-state index contributed by atoms with van der Waals surface area (Å²) >= 11 is 0. The Morgan fingerprint density at radius 2 is 1.43 bits per heavy atom. The van der Waals surface area contributed by atoms with Gasteiger partial charge in [-0.3, -0.25) is 4.90 Å². The Morgan fingerprint density at radius 1 is 0.757 bits per heavy atom. The summed E-state index contributed by atoms with van der Waals surface area (Å²) in [4.78, 5) is 9.88. The lowest BCUT2D eigenvalue weighted by atomic mass is 10.1. The maximum atomic E-state index is 5.54. The number of anilines is 2. The molecule has 2 saturated heterocycles. The first-order chi connectivity index (χ1) is 18.2. The van der Waals surface area contributed by atoms with Gasteiger partial charge < -0.3 is 24.2 Å². The second-order valence-corrected chi connectivity index (χ2v) is 10.2. The molecule has 37 heavy (non-hydrogen) atoms. The fourth-order valence-corrected chi connectivity index (χ4v) is 5.24. The van der Waals surface area contributed by atoms with Gasteiger partial charge in [-0.25, -0.2) is 0 Å². The lowest BCUT2D eigenvalue weighted by molar-refractivity contribution is 0.0342. The highest BCUT2D eigenvalue weighted by Crippen LogP contribution is 2.26. The first kappa shape index (κ1) is 25.6. The Morgan fingerprint density at radius 3 is 2.19 bits per heavy atom. The Kier molecular flexibility index (Phi) is 8.61. The minimum atomic E-state index is 0.816. The molecule has 3 aromatic rings. The normalized spacial score (nSPS) is 17.1. The van der Waals surface area contributed by atoms with Crippen LogP contribution in [0.25, 0.3) is 0 Å². The van der Waals surface area contributed by atoms with Gasteiger partial charge in [0.05, 0.1) is 20.3 Å². The SMILES string of the molecule is COc1cccc(CN(Cc2cccc(N3CCN(C)CC3)c2)c2cccc(CN3CCOCC3)c2)c1. The van der Waals surface area contributed by atoms with Crippen molar-refractivity contribution < 1.29 is 9.47 Å². The molecule has 0 atom stereocenters. The third kappa shape index (κ3) is 7.04. The first-order valence-electron chi connectivity index (χ1n) is 13.5. The van der Waals surface area contributed by atoms with E-state index in [1.807, 2.05) is 6.07 Å². The number of piperazine rings is 1. The maximum Gasteiger partial charge on any atom is 0.119 e. The van der Waals surface area contributed by atoms with Crippen LogP contribution in [0.15, 0.2) is 72.8 Å². The maximum absolute atomic E-state index is 5.54. The molecule has 0 saturated carbocycles. The first-order valence-corrected chi connectivity index (χ1v) is 13.5. The molecule has 2 aliphatic heterocycles. The second-order valence-electron chi connectivity index (χ2n) is 10.2. The van der Waals surface area contributed by atoms with Crippen molar-refractivity contribution in [3.05, 3.63) is 89.5 Å². The van der Waals surface area contributed by atoms with Crippen LogP contribution in [0.3, 0.4) is 0 Å². The molecule has 0 spiro atoms. The quantitative estimate of drug-likeness (QED) is 0.431. The largest absolute Gasteiger partial charge is 0.497 e. The average Bonchev–Trinajstić information content (AvgIpc) is 2.94. The summed E-state index contributed by atoms with van der Waals surface area (Å²) in [6.45, 7) is 10.7. The van der Waals surface area contributed by atoms with Crippen LogP contribution in [0, 0.1) is 0 Å².